The molecule has 30 heavy (non-hydrogen) atoms. The van der Waals surface area contributed by atoms with Crippen LogP contribution in [0.3, 0.4) is 0 Å². The van der Waals surface area contributed by atoms with Crippen molar-refractivity contribution in [1.29, 1.82) is 0 Å². The van der Waals surface area contributed by atoms with Crippen LogP contribution in [-0.4, -0.2) is 20.9 Å². The van der Waals surface area contributed by atoms with E-state index < -0.39 is 15.9 Å². The summed E-state index contributed by atoms with van der Waals surface area (Å²) in [5.41, 5.74) is 1.56. The zero-order valence-corrected chi connectivity index (χ0v) is 18.0. The number of amides is 1. The number of ether oxygens (including phenoxy) is 1. The maximum atomic E-state index is 12.9. The summed E-state index contributed by atoms with van der Waals surface area (Å²) >= 11 is 6.08. The van der Waals surface area contributed by atoms with Crippen LogP contribution in [-0.2, 0) is 10.0 Å². The van der Waals surface area contributed by atoms with Crippen LogP contribution in [0.15, 0.2) is 71.6 Å². The predicted octanol–water partition coefficient (Wildman–Crippen LogP) is 5.10. The lowest BCUT2D eigenvalue weighted by Gasteiger charge is -2.13. The fraction of sp³-hybridized carbons (Fsp3) is 0.136. The smallest absolute Gasteiger partial charge is 0.262 e. The van der Waals surface area contributed by atoms with Crippen molar-refractivity contribution in [1.82, 2.24) is 0 Å². The molecule has 0 aliphatic carbocycles. The normalized spacial score (nSPS) is 11.0. The molecule has 0 aromatic heterocycles. The fourth-order valence-electron chi connectivity index (χ4n) is 2.78. The standard InChI is InChI=1S/C22H21ClN2O4S/c1-3-29-18-12-10-17(11-13-18)25-30(27,28)21-14-16(9-8-15(21)2)22(26)24-20-7-5-4-6-19(20)23/h4-14,25H,3H2,1-2H3,(H,24,26). The van der Waals surface area contributed by atoms with Gasteiger partial charge in [-0.05, 0) is 67.9 Å². The summed E-state index contributed by atoms with van der Waals surface area (Å²) < 4.78 is 33.7. The Morgan fingerprint density at radius 2 is 1.73 bits per heavy atom. The molecule has 0 atom stereocenters. The van der Waals surface area contributed by atoms with Crippen molar-refractivity contribution in [3.05, 3.63) is 82.9 Å². The summed E-state index contributed by atoms with van der Waals surface area (Å²) in [6, 6.07) is 17.9. The van der Waals surface area contributed by atoms with E-state index in [0.717, 1.165) is 0 Å². The number of anilines is 2. The van der Waals surface area contributed by atoms with Crippen molar-refractivity contribution in [2.75, 3.05) is 16.6 Å². The third kappa shape index (κ3) is 5.11. The molecule has 3 aromatic rings. The summed E-state index contributed by atoms with van der Waals surface area (Å²) in [7, 11) is -3.90. The van der Waals surface area contributed by atoms with Gasteiger partial charge in [0.15, 0.2) is 0 Å². The van der Waals surface area contributed by atoms with E-state index >= 15 is 0 Å². The highest BCUT2D eigenvalue weighted by Gasteiger charge is 2.20. The van der Waals surface area contributed by atoms with Crippen LogP contribution in [0, 0.1) is 6.92 Å². The van der Waals surface area contributed by atoms with E-state index in [-0.39, 0.29) is 10.5 Å². The van der Waals surface area contributed by atoms with Crippen molar-refractivity contribution in [3.63, 3.8) is 0 Å². The molecule has 3 aromatic carbocycles. The van der Waals surface area contributed by atoms with Crippen LogP contribution in [0.4, 0.5) is 11.4 Å². The topological polar surface area (TPSA) is 84.5 Å². The first-order valence-corrected chi connectivity index (χ1v) is 11.1. The lowest BCUT2D eigenvalue weighted by Crippen LogP contribution is -2.17. The van der Waals surface area contributed by atoms with Gasteiger partial charge in [-0.1, -0.05) is 29.8 Å². The predicted molar refractivity (Wildman–Crippen MR) is 119 cm³/mol. The van der Waals surface area contributed by atoms with E-state index in [1.807, 2.05) is 6.92 Å². The Morgan fingerprint density at radius 3 is 2.40 bits per heavy atom. The second-order valence-corrected chi connectivity index (χ2v) is 8.54. The zero-order chi connectivity index (χ0) is 21.7. The number of carbonyl (C=O) groups excluding carboxylic acids is 1. The molecule has 0 unspecified atom stereocenters. The molecule has 0 aliphatic heterocycles. The molecule has 1 amide bonds. The Hall–Kier alpha value is -3.03. The molecule has 0 bridgehead atoms. The van der Waals surface area contributed by atoms with Crippen molar-refractivity contribution in [2.24, 2.45) is 0 Å². The van der Waals surface area contributed by atoms with Crippen LogP contribution in [0.5, 0.6) is 5.75 Å². The summed E-state index contributed by atoms with van der Waals surface area (Å²) in [6.45, 7) is 4.06. The number of rotatable bonds is 7. The maximum Gasteiger partial charge on any atom is 0.262 e. The average molecular weight is 445 g/mol. The van der Waals surface area contributed by atoms with Crippen LogP contribution in [0.1, 0.15) is 22.8 Å². The van der Waals surface area contributed by atoms with E-state index in [0.29, 0.717) is 34.3 Å². The van der Waals surface area contributed by atoms with Crippen LogP contribution >= 0.6 is 11.6 Å². The lowest BCUT2D eigenvalue weighted by molar-refractivity contribution is 0.102. The number of sulfonamides is 1. The van der Waals surface area contributed by atoms with Crippen molar-refractivity contribution >= 4 is 38.9 Å². The van der Waals surface area contributed by atoms with Gasteiger partial charge in [-0.3, -0.25) is 9.52 Å². The molecular weight excluding hydrogens is 424 g/mol. The Balaban J connectivity index is 1.84. The van der Waals surface area contributed by atoms with Gasteiger partial charge in [-0.15, -0.1) is 0 Å². The Morgan fingerprint density at radius 1 is 1.03 bits per heavy atom. The van der Waals surface area contributed by atoms with Gasteiger partial charge in [0.05, 0.1) is 22.2 Å². The third-order valence-corrected chi connectivity index (χ3v) is 6.13. The minimum Gasteiger partial charge on any atom is -0.494 e. The van der Waals surface area contributed by atoms with Gasteiger partial charge in [-0.25, -0.2) is 8.42 Å². The van der Waals surface area contributed by atoms with Gasteiger partial charge in [-0.2, -0.15) is 0 Å². The van der Waals surface area contributed by atoms with Crippen LogP contribution in [0.2, 0.25) is 5.02 Å². The molecule has 0 saturated heterocycles. The largest absolute Gasteiger partial charge is 0.494 e. The molecule has 156 valence electrons. The Bertz CT molecular complexity index is 1160. The first kappa shape index (κ1) is 21.7. The van der Waals surface area contributed by atoms with Crippen LogP contribution < -0.4 is 14.8 Å². The highest BCUT2D eigenvalue weighted by molar-refractivity contribution is 7.92. The van der Waals surface area contributed by atoms with Crippen molar-refractivity contribution in [2.45, 2.75) is 18.7 Å². The zero-order valence-electron chi connectivity index (χ0n) is 16.5. The molecule has 0 saturated carbocycles. The van der Waals surface area contributed by atoms with E-state index in [9.17, 15) is 13.2 Å². The molecule has 2 N–H and O–H groups in total. The van der Waals surface area contributed by atoms with E-state index in [2.05, 4.69) is 10.0 Å². The molecular formula is C22H21ClN2O4S. The number of para-hydroxylation sites is 1. The number of aryl methyl sites for hydroxylation is 1. The van der Waals surface area contributed by atoms with E-state index in [4.69, 9.17) is 16.3 Å². The van der Waals surface area contributed by atoms with Gasteiger partial charge in [0.2, 0.25) is 0 Å². The summed E-state index contributed by atoms with van der Waals surface area (Å²) in [6.07, 6.45) is 0. The molecule has 6 nitrogen and oxygen atoms in total. The molecule has 0 heterocycles. The number of benzene rings is 3. The average Bonchev–Trinajstić information content (AvgIpc) is 2.71. The number of hydrogen-bond acceptors (Lipinski definition) is 4. The minimum absolute atomic E-state index is 0.0168. The molecule has 0 radical (unpaired) electrons. The molecule has 0 spiro atoms. The first-order chi connectivity index (χ1) is 14.3. The second-order valence-electron chi connectivity index (χ2n) is 6.48. The van der Waals surface area contributed by atoms with Gasteiger partial charge in [0.25, 0.3) is 15.9 Å². The first-order valence-electron chi connectivity index (χ1n) is 9.22. The number of carbonyl (C=O) groups is 1. The number of halogens is 1. The monoisotopic (exact) mass is 444 g/mol. The summed E-state index contributed by atoms with van der Waals surface area (Å²) in [4.78, 5) is 12.6. The van der Waals surface area contributed by atoms with Gasteiger partial charge in [0.1, 0.15) is 5.75 Å². The van der Waals surface area contributed by atoms with Crippen LogP contribution in [0.25, 0.3) is 0 Å². The highest BCUT2D eigenvalue weighted by Crippen LogP contribution is 2.24. The fourth-order valence-corrected chi connectivity index (χ4v) is 4.30. The highest BCUT2D eigenvalue weighted by atomic mass is 35.5. The maximum absolute atomic E-state index is 12.9. The molecule has 8 heteroatoms. The molecule has 3 rings (SSSR count). The number of hydrogen-bond donors (Lipinski definition) is 2. The van der Waals surface area contributed by atoms with Gasteiger partial charge >= 0.3 is 0 Å². The summed E-state index contributed by atoms with van der Waals surface area (Å²) in [5.74, 6) is 0.190. The van der Waals surface area contributed by atoms with Gasteiger partial charge in [0, 0.05) is 11.3 Å². The number of nitrogens with one attached hydrogen (secondary N) is 2. The molecule has 0 fully saturated rings. The SMILES string of the molecule is CCOc1ccc(NS(=O)(=O)c2cc(C(=O)Nc3ccccc3Cl)ccc2C)cc1. The quantitative estimate of drug-likeness (QED) is 0.531. The van der Waals surface area contributed by atoms with Crippen molar-refractivity contribution < 1.29 is 17.9 Å². The summed E-state index contributed by atoms with van der Waals surface area (Å²) in [5, 5.41) is 3.08. The lowest BCUT2D eigenvalue weighted by atomic mass is 10.1. The van der Waals surface area contributed by atoms with Crippen molar-refractivity contribution in [3.8, 4) is 5.75 Å². The molecule has 0 aliphatic rings. The Labute approximate surface area is 180 Å². The van der Waals surface area contributed by atoms with E-state index in [1.165, 1.54) is 6.07 Å². The Kier molecular flexibility index (Phi) is 6.64. The second kappa shape index (κ2) is 9.19. The van der Waals surface area contributed by atoms with Gasteiger partial charge < -0.3 is 10.1 Å². The third-order valence-electron chi connectivity index (χ3n) is 4.28. The minimum atomic E-state index is -3.90. The van der Waals surface area contributed by atoms with E-state index in [1.54, 1.807) is 67.6 Å².